The summed E-state index contributed by atoms with van der Waals surface area (Å²) in [6.07, 6.45) is 10.8. The number of hydrogen-bond acceptors (Lipinski definition) is 16. The summed E-state index contributed by atoms with van der Waals surface area (Å²) in [5, 5.41) is 27.2. The molecule has 4 atom stereocenters. The fourth-order valence-corrected chi connectivity index (χ4v) is 24.4. The monoisotopic (exact) mass is 1470 g/mol. The molecule has 0 amide bonds. The summed E-state index contributed by atoms with van der Waals surface area (Å²) in [5.74, 6) is 0.848. The van der Waals surface area contributed by atoms with E-state index in [1.165, 1.54) is 47.8 Å². The Bertz CT molecular complexity index is 3410. The first-order chi connectivity index (χ1) is 43.7. The Morgan fingerprint density at radius 1 is 0.560 bits per heavy atom. The second-order valence-corrected chi connectivity index (χ2v) is 34.0. The molecule has 0 heterocycles. The molecule has 6 aromatic rings. The van der Waals surface area contributed by atoms with Gasteiger partial charge in [0.05, 0.1) is 17.4 Å². The van der Waals surface area contributed by atoms with Gasteiger partial charge in [0.2, 0.25) is 0 Å². The van der Waals surface area contributed by atoms with Crippen LogP contribution < -0.4 is 13.8 Å². The molecule has 2 aliphatic carbocycles. The van der Waals surface area contributed by atoms with Crippen molar-refractivity contribution in [2.24, 2.45) is 11.8 Å². The molecule has 0 radical (unpaired) electrons. The summed E-state index contributed by atoms with van der Waals surface area (Å²) >= 11 is -1.80. The number of nitrogens with one attached hydrogen (secondary N) is 2. The topological polar surface area (TPSA) is 212 Å². The SMILES string of the molecule is CCc1cc(N[C@H](C=O)Cc2ccccc2)cc(CC)[c]1[Pb]([O]C(C)=O)([O]C(C)=O)[O]C(C)=O.CCc1cc(N[C@H](C=O)Cc2ccccc2)cc(CC)c1C1=C(O)CC(CCSc2ccc(C)cc2)CC1=O.Cc1ccc(SCCC2CC(=O)C=C(O)C2)cc1. The van der Waals surface area contributed by atoms with Gasteiger partial charge in [-0.05, 0) is 128 Å². The predicted molar refractivity (Wildman–Crippen MR) is 367 cm³/mol. The number of hydrogen-bond donors (Lipinski definition) is 4. The van der Waals surface area contributed by atoms with Crippen molar-refractivity contribution in [3.63, 3.8) is 0 Å². The molecule has 0 bridgehead atoms. The van der Waals surface area contributed by atoms with Crippen molar-refractivity contribution in [1.29, 1.82) is 0 Å². The van der Waals surface area contributed by atoms with Gasteiger partial charge >= 0.3 is 207 Å². The van der Waals surface area contributed by atoms with E-state index in [2.05, 4.69) is 86.9 Å². The van der Waals surface area contributed by atoms with Crippen LogP contribution in [0.1, 0.15) is 137 Å². The maximum absolute atomic E-state index is 13.4. The fourth-order valence-electron chi connectivity index (χ4n) is 11.3. The molecule has 2 aliphatic rings. The first-order valence-corrected chi connectivity index (χ1v) is 40.1. The molecule has 8 rings (SSSR count). The number of aryl methyl sites for hydroxylation is 6. The smallest absolute Gasteiger partial charge is 0.167 e. The van der Waals surface area contributed by atoms with Gasteiger partial charge < -0.3 is 20.3 Å². The van der Waals surface area contributed by atoms with Crippen LogP contribution in [0.15, 0.2) is 161 Å². The van der Waals surface area contributed by atoms with E-state index in [9.17, 15) is 43.8 Å². The number of anilines is 2. The number of carbonyl (C=O) groups is 7. The van der Waals surface area contributed by atoms with Crippen LogP contribution in [-0.4, -0.2) is 98.4 Å². The summed E-state index contributed by atoms with van der Waals surface area (Å²) in [4.78, 5) is 87.0. The number of carbonyl (C=O) groups excluding carboxylic acids is 7. The number of rotatable bonds is 27. The van der Waals surface area contributed by atoms with E-state index in [0.717, 1.165) is 94.4 Å². The van der Waals surface area contributed by atoms with Crippen LogP contribution >= 0.6 is 23.5 Å². The molecule has 0 spiro atoms. The first kappa shape index (κ1) is 72.8. The van der Waals surface area contributed by atoms with Gasteiger partial charge in [-0.15, -0.1) is 23.5 Å². The quantitative estimate of drug-likeness (QED) is 0.0215. The molecular weight excluding hydrogens is 1380 g/mol. The minimum Gasteiger partial charge on any atom is -0.512 e. The summed E-state index contributed by atoms with van der Waals surface area (Å²) in [7, 11) is 0. The Hall–Kier alpha value is -7.29. The number of allylic oxidation sites excluding steroid dienone is 4. The number of Topliss-reactive ketones (excluding diaryl/α,β-unsaturated/α-hetero) is 1. The van der Waals surface area contributed by atoms with E-state index < -0.39 is 46.5 Å². The number of benzene rings is 6. The average Bonchev–Trinajstić information content (AvgIpc) is 0.813. The van der Waals surface area contributed by atoms with E-state index >= 15 is 0 Å². The molecular formula is C74H88N2O12PbS2. The number of thioether (sulfide) groups is 2. The number of aldehydes is 2. The zero-order valence-corrected chi connectivity index (χ0v) is 59.5. The van der Waals surface area contributed by atoms with Gasteiger partial charge in [-0.2, -0.15) is 0 Å². The Kier molecular flexibility index (Phi) is 29.3. The molecule has 14 nitrogen and oxygen atoms in total. The van der Waals surface area contributed by atoms with Crippen LogP contribution in [0.3, 0.4) is 0 Å². The summed E-state index contributed by atoms with van der Waals surface area (Å²) in [6, 6.07) is 43.5. The van der Waals surface area contributed by atoms with Crippen molar-refractivity contribution < 1.29 is 51.8 Å². The van der Waals surface area contributed by atoms with Gasteiger partial charge in [0, 0.05) is 47.2 Å². The number of aliphatic hydroxyl groups excluding tert-OH is 2. The number of aliphatic hydroxyl groups is 2. The number of ketones is 2. The predicted octanol–water partition coefficient (Wildman–Crippen LogP) is 14.5. The van der Waals surface area contributed by atoms with Gasteiger partial charge in [-0.25, -0.2) is 0 Å². The molecule has 2 unspecified atom stereocenters. The van der Waals surface area contributed by atoms with Crippen molar-refractivity contribution in [3.8, 4) is 0 Å². The average molecular weight is 1470 g/mol. The van der Waals surface area contributed by atoms with Crippen LogP contribution in [0.2, 0.25) is 0 Å². The van der Waals surface area contributed by atoms with Crippen molar-refractivity contribution in [1.82, 2.24) is 0 Å². The largest absolute Gasteiger partial charge is 0.512 e. The molecule has 0 saturated carbocycles. The van der Waals surface area contributed by atoms with E-state index in [-0.39, 0.29) is 35.0 Å². The first-order valence-electron chi connectivity index (χ1n) is 31.4. The molecule has 6 aromatic carbocycles. The third kappa shape index (κ3) is 22.8. The minimum atomic E-state index is -5.42. The van der Waals surface area contributed by atoms with Gasteiger partial charge in [0.15, 0.2) is 11.6 Å². The van der Waals surface area contributed by atoms with Crippen LogP contribution in [0, 0.1) is 25.7 Å². The zero-order chi connectivity index (χ0) is 66.0. The zero-order valence-electron chi connectivity index (χ0n) is 53.9. The molecule has 0 fully saturated rings. The van der Waals surface area contributed by atoms with Crippen LogP contribution in [0.5, 0.6) is 0 Å². The summed E-state index contributed by atoms with van der Waals surface area (Å²) < 4.78 is 17.2. The Balaban J connectivity index is 0.000000231. The standard InChI is InChI=1S/C34H39NO3S.C19H22NO.C15H18O2S.3C2H4O2.Pb/c1-4-26-20-28(35-29(22-36)17-24-9-7-6-8-10-24)21-27(5-2)33(26)34-31(37)18-25(19-32(34)38)15-16-39-30-13-11-23(3)12-14-30;1-3-15-10-16(4-2)12-18(11-15)20-19(14-21)13-17-8-6-5-7-9-17;1-11-2-4-15(5-3-11)18-7-6-12-8-13(16)10-14(17)9-12;3*1-2(3)4;/h6-14,20-22,25,29,35,37H,4-5,15-19H2,1-3H3;5-9,11-12,14,19-20H,3-4,13H2,1-2H3;2-5,10,12,16H,6-9H2,1H3;3*1H3,(H,3,4);/q;;;;;;+3/p-3/t25?,29-;19-;;;;;/m00...../s1. The molecule has 0 saturated heterocycles. The third-order valence-electron chi connectivity index (χ3n) is 15.6. The second kappa shape index (κ2) is 36.7. The van der Waals surface area contributed by atoms with Crippen molar-refractivity contribution >= 4 is 108 Å². The molecule has 0 aliphatic heterocycles. The Morgan fingerprint density at radius 3 is 1.32 bits per heavy atom. The Labute approximate surface area is 552 Å². The fraction of sp³-hybridized carbons (Fsp3) is 0.365. The molecule has 17 heteroatoms. The molecule has 0 aromatic heterocycles. The van der Waals surface area contributed by atoms with Gasteiger partial charge in [-0.3, -0.25) is 9.59 Å². The minimum absolute atomic E-state index is 0.0315. The molecule has 4 N–H and O–H groups in total. The maximum atomic E-state index is 13.4. The normalized spacial score (nSPS) is 15.3. The van der Waals surface area contributed by atoms with Crippen molar-refractivity contribution in [3.05, 3.63) is 201 Å². The van der Waals surface area contributed by atoms with Gasteiger partial charge in [-0.1, -0.05) is 79.6 Å². The van der Waals surface area contributed by atoms with E-state index in [4.69, 9.17) is 8.06 Å². The van der Waals surface area contributed by atoms with E-state index in [1.54, 1.807) is 11.8 Å². The van der Waals surface area contributed by atoms with Crippen molar-refractivity contribution in [2.75, 3.05) is 22.1 Å². The van der Waals surface area contributed by atoms with Gasteiger partial charge in [0.25, 0.3) is 0 Å². The maximum Gasteiger partial charge on any atom is 0.167 e. The van der Waals surface area contributed by atoms with Crippen LogP contribution in [0.25, 0.3) is 5.57 Å². The van der Waals surface area contributed by atoms with E-state index in [0.29, 0.717) is 71.7 Å². The molecule has 482 valence electrons. The van der Waals surface area contributed by atoms with Gasteiger partial charge in [0.1, 0.15) is 12.0 Å². The molecule has 91 heavy (non-hydrogen) atoms. The third-order valence-corrected chi connectivity index (χ3v) is 29.1. The van der Waals surface area contributed by atoms with Crippen molar-refractivity contribution in [2.45, 2.75) is 161 Å². The Morgan fingerprint density at radius 2 is 0.956 bits per heavy atom. The van der Waals surface area contributed by atoms with E-state index in [1.807, 2.05) is 111 Å². The van der Waals surface area contributed by atoms with Crippen LogP contribution in [-0.2, 0) is 80.1 Å². The summed E-state index contributed by atoms with van der Waals surface area (Å²) in [5.41, 5.74) is 11.0. The summed E-state index contributed by atoms with van der Waals surface area (Å²) in [6.45, 7) is 15.7. The van der Waals surface area contributed by atoms with Crippen LogP contribution in [0.4, 0.5) is 11.4 Å². The second-order valence-electron chi connectivity index (χ2n) is 23.0.